The van der Waals surface area contributed by atoms with Crippen LogP contribution < -0.4 is 27.2 Å². The molecule has 12 atom stereocenters. The van der Waals surface area contributed by atoms with Crippen LogP contribution in [0, 0.1) is 11.7 Å². The van der Waals surface area contributed by atoms with Crippen molar-refractivity contribution >= 4 is 95.1 Å². The van der Waals surface area contributed by atoms with Gasteiger partial charge in [0, 0.05) is 31.0 Å². The minimum absolute atomic E-state index is 0.0221. The number of rotatable bonds is 13. The number of thiol groups is 1. The molecule has 4 unspecified atom stereocenters. The van der Waals surface area contributed by atoms with E-state index in [2.05, 4.69) is 53.1 Å². The summed E-state index contributed by atoms with van der Waals surface area (Å²) in [7, 11) is 1.48. The summed E-state index contributed by atoms with van der Waals surface area (Å²) in [5.41, 5.74) is 6.36. The van der Waals surface area contributed by atoms with Crippen molar-refractivity contribution < 1.29 is 74.8 Å². The van der Waals surface area contributed by atoms with Crippen LogP contribution in [0.1, 0.15) is 54.7 Å². The minimum atomic E-state index is -4.60. The number of benzene rings is 2. The van der Waals surface area contributed by atoms with Crippen molar-refractivity contribution in [3.05, 3.63) is 107 Å². The third-order valence-electron chi connectivity index (χ3n) is 12.9. The molecule has 422 valence electrons. The summed E-state index contributed by atoms with van der Waals surface area (Å²) < 4.78 is 87.7. The normalized spacial score (nSPS) is 27.0. The number of nitrogens with two attached hydrogens (primary N) is 1. The van der Waals surface area contributed by atoms with E-state index < -0.39 is 129 Å². The molecule has 33 heteroatoms. The number of nitrogens with one attached hydrogen (secondary N) is 4. The Morgan fingerprint density at radius 2 is 1.68 bits per heavy atom. The number of fused-ring (bicyclic) bond motifs is 5. The molecule has 2 aromatic carbocycles. The Morgan fingerprint density at radius 1 is 0.962 bits per heavy atom. The van der Waals surface area contributed by atoms with Crippen LogP contribution in [0.25, 0.3) is 22.2 Å². The van der Waals surface area contributed by atoms with E-state index in [1.807, 2.05) is 0 Å². The molecule has 9 rings (SSSR count). The fourth-order valence-electron chi connectivity index (χ4n) is 8.69. The van der Waals surface area contributed by atoms with Gasteiger partial charge < -0.3 is 64.9 Å². The second kappa shape index (κ2) is 23.5. The summed E-state index contributed by atoms with van der Waals surface area (Å²) in [4.78, 5) is 96.2. The maximum atomic E-state index is 16.8. The number of halogens is 2. The zero-order chi connectivity index (χ0) is 56.7. The van der Waals surface area contributed by atoms with Gasteiger partial charge in [-0.2, -0.15) is 0 Å². The van der Waals surface area contributed by atoms with Crippen LogP contribution in [0.2, 0.25) is 0 Å². The van der Waals surface area contributed by atoms with Gasteiger partial charge in [-0.15, -0.1) is 0 Å². The first-order chi connectivity index (χ1) is 37.5. The smallest absolute Gasteiger partial charge is 0.410 e. The van der Waals surface area contributed by atoms with Gasteiger partial charge in [0.2, 0.25) is 11.8 Å². The number of H-pyrrole nitrogens is 1. The van der Waals surface area contributed by atoms with Crippen LogP contribution in [0.4, 0.5) is 25.1 Å². The predicted molar refractivity (Wildman–Crippen MR) is 281 cm³/mol. The topological polar surface area (TPSA) is 350 Å². The molecule has 4 aromatic heterocycles. The largest absolute Gasteiger partial charge is 0.445 e. The van der Waals surface area contributed by atoms with Crippen molar-refractivity contribution in [1.82, 2.24) is 44.3 Å². The average molecular weight is 1180 g/mol. The molecule has 3 fully saturated rings. The molecule has 0 spiro atoms. The summed E-state index contributed by atoms with van der Waals surface area (Å²) >= 11 is 9.35. The Balaban J connectivity index is 0.841. The number of anilines is 2. The number of carbonyl (C=O) groups is 4. The van der Waals surface area contributed by atoms with Gasteiger partial charge in [-0.3, -0.25) is 37.3 Å². The number of aliphatic hydroxyl groups is 1. The van der Waals surface area contributed by atoms with Crippen molar-refractivity contribution in [2.45, 2.75) is 95.2 Å². The van der Waals surface area contributed by atoms with E-state index in [1.165, 1.54) is 24.9 Å². The van der Waals surface area contributed by atoms with Crippen molar-refractivity contribution in [3.8, 4) is 0 Å². The molecular formula is C46H52F2N12O15P2S2. The summed E-state index contributed by atoms with van der Waals surface area (Å²) in [5, 5.41) is 18.9. The average Bonchev–Trinajstić information content (AvgIpc) is 4.07. The number of imidazole rings is 1. The highest BCUT2D eigenvalue weighted by atomic mass is 32.7. The number of amides is 4. The van der Waals surface area contributed by atoms with E-state index >= 15 is 8.78 Å². The Bertz CT molecular complexity index is 3450. The zero-order valence-corrected chi connectivity index (χ0v) is 45.5. The molecule has 0 aliphatic carbocycles. The van der Waals surface area contributed by atoms with E-state index in [4.69, 9.17) is 49.8 Å². The highest BCUT2D eigenvalue weighted by Crippen LogP contribution is 2.58. The number of hydrogen-bond acceptors (Lipinski definition) is 20. The molecule has 7 heterocycles. The molecule has 27 nitrogen and oxygen atoms in total. The van der Waals surface area contributed by atoms with E-state index in [9.17, 15) is 38.5 Å². The number of carbonyl (C=O) groups excluding carboxylic acids is 4. The Kier molecular flexibility index (Phi) is 17.1. The Hall–Kier alpha value is -6.18. The fraction of sp³-hybridized carbons (Fsp3) is 0.413. The van der Waals surface area contributed by atoms with Crippen molar-refractivity contribution in [2.24, 2.45) is 11.7 Å². The summed E-state index contributed by atoms with van der Waals surface area (Å²) in [6, 6.07) is 11.3. The van der Waals surface area contributed by atoms with Crippen LogP contribution in [-0.2, 0) is 71.4 Å². The number of nitrogens with zero attached hydrogens (tertiary/aromatic N) is 7. The van der Waals surface area contributed by atoms with Gasteiger partial charge in [0.15, 0.2) is 47.1 Å². The predicted octanol–water partition coefficient (Wildman–Crippen LogP) is 3.72. The molecule has 0 saturated carbocycles. The lowest BCUT2D eigenvalue weighted by atomic mass is 10.0. The number of alkyl halides is 1. The summed E-state index contributed by atoms with van der Waals surface area (Å²) in [6.45, 7) is -5.67. The number of aromatic amines is 1. The lowest BCUT2D eigenvalue weighted by molar-refractivity contribution is -0.127. The fourth-order valence-corrected chi connectivity index (χ4v) is 11.6. The lowest BCUT2D eigenvalue weighted by Crippen LogP contribution is -2.50. The molecular weight excluding hydrogens is 1120 g/mol. The molecule has 79 heavy (non-hydrogen) atoms. The summed E-state index contributed by atoms with van der Waals surface area (Å²) in [5.74, 6) is -2.78. The number of aromatic nitrogens is 7. The maximum Gasteiger partial charge on any atom is 0.410 e. The first-order valence-corrected chi connectivity index (χ1v) is 29.4. The molecule has 4 amide bonds. The number of ether oxygens (including phenoxy) is 3. The molecule has 0 radical (unpaired) electrons. The zero-order valence-electron chi connectivity index (χ0n) is 42.0. The number of aliphatic hydroxyl groups excluding tert-OH is 1. The van der Waals surface area contributed by atoms with Crippen LogP contribution in [0.5, 0.6) is 0 Å². The van der Waals surface area contributed by atoms with Crippen LogP contribution in [-0.4, -0.2) is 142 Å². The monoisotopic (exact) mass is 1180 g/mol. The molecule has 6 aromatic rings. The van der Waals surface area contributed by atoms with Crippen LogP contribution >= 0.6 is 25.8 Å². The number of hydrogen-bond donors (Lipinski definition) is 8. The molecule has 8 N–H and O–H groups in total. The van der Waals surface area contributed by atoms with Crippen LogP contribution in [0.3, 0.4) is 0 Å². The van der Waals surface area contributed by atoms with Gasteiger partial charge in [-0.25, -0.2) is 38.1 Å². The van der Waals surface area contributed by atoms with Crippen molar-refractivity contribution in [1.29, 1.82) is 0 Å². The van der Waals surface area contributed by atoms with Gasteiger partial charge in [0.1, 0.15) is 54.9 Å². The van der Waals surface area contributed by atoms with Crippen LogP contribution in [0.15, 0.2) is 78.5 Å². The maximum absolute atomic E-state index is 16.8. The third kappa shape index (κ3) is 12.6. The second-order valence-electron chi connectivity index (χ2n) is 18.8. The highest BCUT2D eigenvalue weighted by Gasteiger charge is 2.54. The van der Waals surface area contributed by atoms with Gasteiger partial charge in [-0.1, -0.05) is 56.4 Å². The quantitative estimate of drug-likeness (QED) is 0.0603. The van der Waals surface area contributed by atoms with E-state index in [-0.39, 0.29) is 47.3 Å². The Labute approximate surface area is 456 Å². The van der Waals surface area contributed by atoms with Gasteiger partial charge in [-0.05, 0) is 54.0 Å². The lowest BCUT2D eigenvalue weighted by Gasteiger charge is -2.27. The van der Waals surface area contributed by atoms with Gasteiger partial charge in [0.25, 0.3) is 11.5 Å². The summed E-state index contributed by atoms with van der Waals surface area (Å²) in [6.07, 6.45) is -10.2. The van der Waals surface area contributed by atoms with Gasteiger partial charge in [0.05, 0.1) is 31.9 Å². The Morgan fingerprint density at radius 3 is 2.43 bits per heavy atom. The second-order valence-corrected chi connectivity index (χ2v) is 24.5. The minimum Gasteiger partial charge on any atom is -0.445 e. The first-order valence-electron chi connectivity index (χ1n) is 24.1. The van der Waals surface area contributed by atoms with E-state index in [1.54, 1.807) is 56.3 Å². The SMILES string of the molecule is CC(C)[C@H](N)C(=O)N[C@@H](C)C(=O)Nc1ccc(COC(=O)N(C)Cc2ccccc2C(=O)Nc2ncnc3c2ncn3[C@@H]2OC3COP(O)(=S)O[C@H]4C(n5cc(F)c6c(=O)[nH]cnc65)O[C@H](COP(=O)(S)O[C@H]3[C@H]2F)[C@H]4O)cc1. The first kappa shape index (κ1) is 57.5. The molecule has 3 aliphatic rings. The molecule has 2 bridgehead atoms. The van der Waals surface area contributed by atoms with Gasteiger partial charge >= 0.3 is 19.6 Å². The van der Waals surface area contributed by atoms with E-state index in [0.717, 1.165) is 34.3 Å². The van der Waals surface area contributed by atoms with E-state index in [0.29, 0.717) is 16.8 Å². The molecule has 3 saturated heterocycles. The highest BCUT2D eigenvalue weighted by molar-refractivity contribution is 8.44. The third-order valence-corrected chi connectivity index (χ3v) is 16.1. The molecule has 3 aliphatic heterocycles. The standard InChI is InChI=1S/C46H52F2N12O15P2S2/c1-21(2)32(49)43(65)55-22(3)40(62)56-25-11-9-23(10-12-25)15-69-46(66)58(4)13-24-7-5-6-8-26(24)41(63)57-37-33-39(52-18-50-37)60(20-54-33)44-31(48)35-29(73-44)17-71-77(68,79)75-36-34(61)28(16-70-76(67,78)74-35)72-45(36)59-14-27(47)30-38(59)51-19-53-42(30)64/h5-12,14,18-22,28-29,31-32,34-36,44-45,61H,13,15-17,49H2,1-4H3,(H,55,65)(H,56,62)(H,67,78)(H,68,79)(H,51,53,64)(H,50,52,57,63)/t22-,28+,29?,31+,32-,34+,35+,36+,44+,45?,76?,77?/m0/s1. The van der Waals surface area contributed by atoms with Crippen molar-refractivity contribution in [2.75, 3.05) is 30.9 Å². The van der Waals surface area contributed by atoms with Crippen molar-refractivity contribution in [3.63, 3.8) is 0 Å².